The molecule has 0 radical (unpaired) electrons. The van der Waals surface area contributed by atoms with Crippen LogP contribution in [0.15, 0.2) is 24.4 Å². The highest BCUT2D eigenvalue weighted by Crippen LogP contribution is 2.27. The van der Waals surface area contributed by atoms with Crippen molar-refractivity contribution in [3.63, 3.8) is 0 Å². The Morgan fingerprint density at radius 3 is 2.69 bits per heavy atom. The van der Waals surface area contributed by atoms with E-state index < -0.39 is 11.5 Å². The van der Waals surface area contributed by atoms with Crippen molar-refractivity contribution in [2.24, 2.45) is 5.73 Å². The van der Waals surface area contributed by atoms with E-state index >= 15 is 0 Å². The van der Waals surface area contributed by atoms with Crippen LogP contribution in [-0.2, 0) is 5.54 Å². The Labute approximate surface area is 93.1 Å². The Hall–Kier alpha value is -1.81. The largest absolute Gasteiger partial charge is 0.478 e. The molecule has 0 spiro atoms. The Balaban J connectivity index is 2.64. The number of carboxylic acid groups (broad SMARTS) is 1. The second-order valence-corrected chi connectivity index (χ2v) is 4.49. The molecule has 1 heterocycles. The van der Waals surface area contributed by atoms with Gasteiger partial charge in [-0.3, -0.25) is 0 Å². The minimum Gasteiger partial charge on any atom is -0.478 e. The summed E-state index contributed by atoms with van der Waals surface area (Å²) in [6, 6.07) is 5.00. The zero-order valence-corrected chi connectivity index (χ0v) is 9.24. The quantitative estimate of drug-likeness (QED) is 0.721. The summed E-state index contributed by atoms with van der Waals surface area (Å²) in [5.74, 6) is -0.926. The molecule has 0 unspecified atom stereocenters. The topological polar surface area (TPSA) is 79.1 Å². The number of H-pyrrole nitrogens is 1. The van der Waals surface area contributed by atoms with Gasteiger partial charge in [0.25, 0.3) is 0 Å². The maximum Gasteiger partial charge on any atom is 0.335 e. The van der Waals surface area contributed by atoms with Crippen LogP contribution in [-0.4, -0.2) is 16.1 Å². The van der Waals surface area contributed by atoms with Crippen molar-refractivity contribution in [2.45, 2.75) is 19.4 Å². The van der Waals surface area contributed by atoms with E-state index in [1.54, 1.807) is 18.2 Å². The van der Waals surface area contributed by atoms with Gasteiger partial charge in [0.2, 0.25) is 0 Å². The van der Waals surface area contributed by atoms with Gasteiger partial charge in [-0.05, 0) is 31.5 Å². The molecule has 2 aromatic rings. The zero-order chi connectivity index (χ0) is 11.9. The first kappa shape index (κ1) is 10.7. The molecule has 2 rings (SSSR count). The van der Waals surface area contributed by atoms with Crippen molar-refractivity contribution in [2.75, 3.05) is 0 Å². The highest BCUT2D eigenvalue weighted by Gasteiger charge is 2.19. The maximum atomic E-state index is 10.8. The molecule has 0 atom stereocenters. The average Bonchev–Trinajstić information content (AvgIpc) is 2.58. The molecule has 4 heteroatoms. The van der Waals surface area contributed by atoms with Crippen molar-refractivity contribution >= 4 is 16.9 Å². The molecule has 16 heavy (non-hydrogen) atoms. The van der Waals surface area contributed by atoms with E-state index in [-0.39, 0.29) is 5.56 Å². The molecule has 4 nitrogen and oxygen atoms in total. The highest BCUT2D eigenvalue weighted by atomic mass is 16.4. The van der Waals surface area contributed by atoms with Crippen LogP contribution in [0.4, 0.5) is 0 Å². The van der Waals surface area contributed by atoms with Crippen LogP contribution in [0.1, 0.15) is 29.8 Å². The molecular formula is C12H14N2O2. The first-order valence-electron chi connectivity index (χ1n) is 5.03. The molecule has 4 N–H and O–H groups in total. The van der Waals surface area contributed by atoms with Gasteiger partial charge in [-0.25, -0.2) is 4.79 Å². The molecule has 0 bridgehead atoms. The van der Waals surface area contributed by atoms with Crippen LogP contribution in [0.5, 0.6) is 0 Å². The molecule has 84 valence electrons. The van der Waals surface area contributed by atoms with E-state index in [0.29, 0.717) is 0 Å². The van der Waals surface area contributed by atoms with Crippen LogP contribution < -0.4 is 5.73 Å². The maximum absolute atomic E-state index is 10.8. The predicted octanol–water partition coefficient (Wildman–Crippen LogP) is 2.06. The van der Waals surface area contributed by atoms with Crippen molar-refractivity contribution in [3.8, 4) is 0 Å². The van der Waals surface area contributed by atoms with Gasteiger partial charge in [0, 0.05) is 22.6 Å². The van der Waals surface area contributed by atoms with Crippen LogP contribution >= 0.6 is 0 Å². The molecule has 1 aromatic carbocycles. The van der Waals surface area contributed by atoms with Gasteiger partial charge < -0.3 is 15.8 Å². The van der Waals surface area contributed by atoms with Gasteiger partial charge in [0.05, 0.1) is 5.56 Å². The van der Waals surface area contributed by atoms with E-state index in [4.69, 9.17) is 10.8 Å². The molecule has 0 saturated heterocycles. The lowest BCUT2D eigenvalue weighted by molar-refractivity contribution is 0.0697. The number of fused-ring (bicyclic) bond motifs is 1. The van der Waals surface area contributed by atoms with Gasteiger partial charge in [-0.15, -0.1) is 0 Å². The van der Waals surface area contributed by atoms with Gasteiger partial charge in [0.15, 0.2) is 0 Å². The molecule has 1 aromatic heterocycles. The number of benzene rings is 1. The highest BCUT2D eigenvalue weighted by molar-refractivity contribution is 5.94. The lowest BCUT2D eigenvalue weighted by Gasteiger charge is -2.17. The van der Waals surface area contributed by atoms with E-state index in [1.807, 2.05) is 20.0 Å². The third-order valence-electron chi connectivity index (χ3n) is 2.62. The van der Waals surface area contributed by atoms with Gasteiger partial charge >= 0.3 is 5.97 Å². The van der Waals surface area contributed by atoms with Crippen LogP contribution in [0.25, 0.3) is 10.9 Å². The van der Waals surface area contributed by atoms with E-state index in [2.05, 4.69) is 4.98 Å². The van der Waals surface area contributed by atoms with Crippen molar-refractivity contribution in [1.29, 1.82) is 0 Å². The molecule has 0 amide bonds. The van der Waals surface area contributed by atoms with E-state index in [9.17, 15) is 4.79 Å². The van der Waals surface area contributed by atoms with E-state index in [1.165, 1.54) is 0 Å². The number of carbonyl (C=O) groups is 1. The Kier molecular flexibility index (Phi) is 2.24. The summed E-state index contributed by atoms with van der Waals surface area (Å²) in [7, 11) is 0. The second kappa shape index (κ2) is 3.35. The molecule has 0 saturated carbocycles. The fourth-order valence-electron chi connectivity index (χ4n) is 1.79. The molecular weight excluding hydrogens is 204 g/mol. The second-order valence-electron chi connectivity index (χ2n) is 4.49. The Morgan fingerprint density at radius 1 is 1.44 bits per heavy atom. The summed E-state index contributed by atoms with van der Waals surface area (Å²) in [6.45, 7) is 3.83. The summed E-state index contributed by atoms with van der Waals surface area (Å²) in [5, 5.41) is 9.84. The number of carboxylic acids is 1. The number of aromatic nitrogens is 1. The minimum atomic E-state index is -0.926. The number of hydrogen-bond donors (Lipinski definition) is 3. The number of hydrogen-bond acceptors (Lipinski definition) is 2. The minimum absolute atomic E-state index is 0.274. The number of nitrogens with one attached hydrogen (secondary N) is 1. The SMILES string of the molecule is CC(C)(N)c1c[nH]c2cc(C(=O)O)ccc12. The normalized spacial score (nSPS) is 11.9. The first-order chi connectivity index (χ1) is 7.39. The zero-order valence-electron chi connectivity index (χ0n) is 9.24. The molecule has 0 fully saturated rings. The van der Waals surface area contributed by atoms with Crippen molar-refractivity contribution in [1.82, 2.24) is 4.98 Å². The van der Waals surface area contributed by atoms with Crippen LogP contribution in [0.2, 0.25) is 0 Å². The lowest BCUT2D eigenvalue weighted by atomic mass is 9.95. The number of rotatable bonds is 2. The summed E-state index contributed by atoms with van der Waals surface area (Å²) in [6.07, 6.45) is 1.83. The summed E-state index contributed by atoms with van der Waals surface area (Å²) < 4.78 is 0. The Bertz CT molecular complexity index is 550. The number of nitrogens with two attached hydrogens (primary N) is 1. The standard InChI is InChI=1S/C12H14N2O2/c1-12(2,13)9-6-14-10-5-7(11(15)16)3-4-8(9)10/h3-6,14H,13H2,1-2H3,(H,15,16). The number of aromatic carboxylic acids is 1. The average molecular weight is 218 g/mol. The fourth-order valence-corrected chi connectivity index (χ4v) is 1.79. The third-order valence-corrected chi connectivity index (χ3v) is 2.62. The monoisotopic (exact) mass is 218 g/mol. The van der Waals surface area contributed by atoms with Crippen LogP contribution in [0, 0.1) is 0 Å². The predicted molar refractivity (Wildman–Crippen MR) is 62.5 cm³/mol. The van der Waals surface area contributed by atoms with Gasteiger partial charge in [-0.1, -0.05) is 6.07 Å². The van der Waals surface area contributed by atoms with E-state index in [0.717, 1.165) is 16.5 Å². The third kappa shape index (κ3) is 1.67. The smallest absolute Gasteiger partial charge is 0.335 e. The summed E-state index contributed by atoms with van der Waals surface area (Å²) in [4.78, 5) is 13.9. The molecule has 0 aliphatic heterocycles. The summed E-state index contributed by atoms with van der Waals surface area (Å²) in [5.41, 5.74) is 7.65. The lowest BCUT2D eigenvalue weighted by Crippen LogP contribution is -2.28. The van der Waals surface area contributed by atoms with Crippen molar-refractivity contribution < 1.29 is 9.90 Å². The first-order valence-corrected chi connectivity index (χ1v) is 5.03. The van der Waals surface area contributed by atoms with Gasteiger partial charge in [-0.2, -0.15) is 0 Å². The fraction of sp³-hybridized carbons (Fsp3) is 0.250. The number of aromatic amines is 1. The van der Waals surface area contributed by atoms with Gasteiger partial charge in [0.1, 0.15) is 0 Å². The molecule has 0 aliphatic carbocycles. The van der Waals surface area contributed by atoms with Crippen molar-refractivity contribution in [3.05, 3.63) is 35.5 Å². The summed E-state index contributed by atoms with van der Waals surface area (Å²) >= 11 is 0. The molecule has 0 aliphatic rings. The Morgan fingerprint density at radius 2 is 2.12 bits per heavy atom. The van der Waals surface area contributed by atoms with Crippen LogP contribution in [0.3, 0.4) is 0 Å².